The van der Waals surface area contributed by atoms with Crippen LogP contribution in [0.1, 0.15) is 44.6 Å². The fourth-order valence-corrected chi connectivity index (χ4v) is 2.51. The summed E-state index contributed by atoms with van der Waals surface area (Å²) in [5.41, 5.74) is 2.27. The number of carbonyl (C=O) groups is 2. The number of halogens is 1. The predicted molar refractivity (Wildman–Crippen MR) is 84.6 cm³/mol. The van der Waals surface area contributed by atoms with Crippen LogP contribution in [0, 0.1) is 31.0 Å². The molecule has 0 fully saturated rings. The van der Waals surface area contributed by atoms with Crippen molar-refractivity contribution < 1.29 is 14.0 Å². The maximum absolute atomic E-state index is 12.9. The average molecular weight is 310 g/mol. The van der Waals surface area contributed by atoms with Crippen LogP contribution in [0.25, 0.3) is 6.08 Å². The first-order valence-electron chi connectivity index (χ1n) is 6.97. The Morgan fingerprint density at radius 1 is 1.22 bits per heavy atom. The molecule has 2 rings (SSSR count). The van der Waals surface area contributed by atoms with Gasteiger partial charge >= 0.3 is 0 Å². The highest BCUT2D eigenvalue weighted by atomic mass is 19.1. The maximum Gasteiger partial charge on any atom is 0.219 e. The first-order chi connectivity index (χ1) is 10.8. The van der Waals surface area contributed by atoms with Gasteiger partial charge in [0.15, 0.2) is 5.78 Å². The second-order valence-corrected chi connectivity index (χ2v) is 5.23. The molecule has 0 aliphatic carbocycles. The van der Waals surface area contributed by atoms with Crippen LogP contribution in [0.15, 0.2) is 29.8 Å². The number of nitriles is 1. The average Bonchev–Trinajstić information content (AvgIpc) is 2.81. The van der Waals surface area contributed by atoms with Crippen LogP contribution in [0.5, 0.6) is 0 Å². The number of rotatable bonds is 4. The zero-order chi connectivity index (χ0) is 17.1. The number of nitrogens with zero attached hydrogens (tertiary/aromatic N) is 1. The van der Waals surface area contributed by atoms with Crippen molar-refractivity contribution >= 4 is 17.6 Å². The molecule has 0 saturated carbocycles. The van der Waals surface area contributed by atoms with Crippen LogP contribution in [0.2, 0.25) is 0 Å². The predicted octanol–water partition coefficient (Wildman–Crippen LogP) is 3.76. The van der Waals surface area contributed by atoms with Crippen molar-refractivity contribution in [3.63, 3.8) is 0 Å². The lowest BCUT2D eigenvalue weighted by Gasteiger charge is -2.00. The highest BCUT2D eigenvalue weighted by Gasteiger charge is 2.22. The summed E-state index contributed by atoms with van der Waals surface area (Å²) < 4.78 is 12.9. The number of ketones is 2. The normalized spacial score (nSPS) is 11.2. The number of benzene rings is 1. The topological polar surface area (TPSA) is 73.7 Å². The maximum atomic E-state index is 12.9. The van der Waals surface area contributed by atoms with Gasteiger partial charge in [-0.2, -0.15) is 5.26 Å². The van der Waals surface area contributed by atoms with E-state index in [-0.39, 0.29) is 17.1 Å². The van der Waals surface area contributed by atoms with Gasteiger partial charge in [-0.3, -0.25) is 9.59 Å². The van der Waals surface area contributed by atoms with Gasteiger partial charge in [0, 0.05) is 11.3 Å². The van der Waals surface area contributed by atoms with Crippen LogP contribution >= 0.6 is 0 Å². The summed E-state index contributed by atoms with van der Waals surface area (Å²) in [6, 6.07) is 7.33. The second-order valence-electron chi connectivity index (χ2n) is 5.23. The molecule has 0 aliphatic heterocycles. The summed E-state index contributed by atoms with van der Waals surface area (Å²) >= 11 is 0. The highest BCUT2D eigenvalue weighted by Crippen LogP contribution is 2.22. The van der Waals surface area contributed by atoms with Crippen LogP contribution in [-0.2, 0) is 0 Å². The zero-order valence-corrected chi connectivity index (χ0v) is 13.0. The van der Waals surface area contributed by atoms with Crippen LogP contribution < -0.4 is 0 Å². The third-order valence-corrected chi connectivity index (χ3v) is 3.56. The lowest BCUT2D eigenvalue weighted by molar-refractivity contribution is 0.101. The molecule has 0 radical (unpaired) electrons. The molecular weight excluding hydrogens is 295 g/mol. The third-order valence-electron chi connectivity index (χ3n) is 3.56. The van der Waals surface area contributed by atoms with Crippen molar-refractivity contribution in [1.82, 2.24) is 4.98 Å². The van der Waals surface area contributed by atoms with Crippen LogP contribution in [0.4, 0.5) is 4.39 Å². The number of aromatic nitrogens is 1. The molecule has 1 aromatic heterocycles. The van der Waals surface area contributed by atoms with Gasteiger partial charge in [-0.15, -0.1) is 0 Å². The number of hydrogen-bond acceptors (Lipinski definition) is 3. The van der Waals surface area contributed by atoms with Crippen molar-refractivity contribution in [3.05, 3.63) is 63.7 Å². The molecule has 1 N–H and O–H groups in total. The molecule has 1 aromatic carbocycles. The monoisotopic (exact) mass is 310 g/mol. The van der Waals surface area contributed by atoms with E-state index in [9.17, 15) is 19.2 Å². The van der Waals surface area contributed by atoms with Gasteiger partial charge in [0.1, 0.15) is 17.5 Å². The van der Waals surface area contributed by atoms with Gasteiger partial charge in [-0.1, -0.05) is 12.1 Å². The number of carbonyl (C=O) groups excluding carboxylic acids is 2. The van der Waals surface area contributed by atoms with Crippen molar-refractivity contribution in [2.24, 2.45) is 0 Å². The SMILES string of the molecule is CC(=O)c1c(C)[nH]c(C(=O)/C(C#N)=C\c2ccc(F)cc2)c1C. The number of aromatic amines is 1. The summed E-state index contributed by atoms with van der Waals surface area (Å²) in [7, 11) is 0. The highest BCUT2D eigenvalue weighted by molar-refractivity contribution is 6.15. The molecular formula is C18H15FN2O2. The van der Waals surface area contributed by atoms with Crippen LogP contribution in [0.3, 0.4) is 0 Å². The molecule has 0 aliphatic rings. The molecule has 1 heterocycles. The first kappa shape index (κ1) is 16.4. The van der Waals surface area contributed by atoms with Crippen LogP contribution in [-0.4, -0.2) is 16.6 Å². The fourth-order valence-electron chi connectivity index (χ4n) is 2.51. The quantitative estimate of drug-likeness (QED) is 0.531. The van der Waals surface area contributed by atoms with Crippen molar-refractivity contribution in [2.45, 2.75) is 20.8 Å². The molecule has 2 aromatic rings. The van der Waals surface area contributed by atoms with E-state index in [4.69, 9.17) is 0 Å². The molecule has 0 atom stereocenters. The van der Waals surface area contributed by atoms with E-state index >= 15 is 0 Å². The lowest BCUT2D eigenvalue weighted by atomic mass is 10.0. The molecule has 0 spiro atoms. The number of H-pyrrole nitrogens is 1. The van der Waals surface area contributed by atoms with Gasteiger partial charge in [0.25, 0.3) is 0 Å². The summed E-state index contributed by atoms with van der Waals surface area (Å²) in [4.78, 5) is 27.1. The molecule has 0 unspecified atom stereocenters. The Kier molecular flexibility index (Phi) is 4.56. The molecule has 0 bridgehead atoms. The second kappa shape index (κ2) is 6.41. The number of nitrogens with one attached hydrogen (secondary N) is 1. The smallest absolute Gasteiger partial charge is 0.219 e. The van der Waals surface area contributed by atoms with Gasteiger partial charge in [-0.25, -0.2) is 4.39 Å². The molecule has 5 heteroatoms. The summed E-state index contributed by atoms with van der Waals surface area (Å²) in [6.45, 7) is 4.80. The minimum Gasteiger partial charge on any atom is -0.355 e. The standard InChI is InChI=1S/C18H15FN2O2/c1-10-16(12(3)22)11(2)21-17(10)18(23)14(9-20)8-13-4-6-15(19)7-5-13/h4-8,21H,1-3H3/b14-8-. The zero-order valence-electron chi connectivity index (χ0n) is 13.0. The van der Waals surface area contributed by atoms with Crippen molar-refractivity contribution in [3.8, 4) is 6.07 Å². The Labute approximate surface area is 133 Å². The molecule has 4 nitrogen and oxygen atoms in total. The number of allylic oxidation sites excluding steroid dienone is 1. The Morgan fingerprint density at radius 3 is 2.30 bits per heavy atom. The van der Waals surface area contributed by atoms with Gasteiger partial charge < -0.3 is 4.98 Å². The summed E-state index contributed by atoms with van der Waals surface area (Å²) in [6.07, 6.45) is 1.39. The van der Waals surface area contributed by atoms with Crippen molar-refractivity contribution in [2.75, 3.05) is 0 Å². The number of Topliss-reactive ketones (excluding diaryl/α,β-unsaturated/α-hetero) is 2. The van der Waals surface area contributed by atoms with Gasteiger partial charge in [0.2, 0.25) is 5.78 Å². The van der Waals surface area contributed by atoms with E-state index in [1.807, 2.05) is 6.07 Å². The Hall–Kier alpha value is -3.00. The van der Waals surface area contributed by atoms with E-state index in [0.29, 0.717) is 22.4 Å². The van der Waals surface area contributed by atoms with Gasteiger partial charge in [-0.05, 0) is 50.1 Å². The fraction of sp³-hybridized carbons (Fsp3) is 0.167. The summed E-state index contributed by atoms with van der Waals surface area (Å²) in [5.74, 6) is -1.03. The number of hydrogen-bond donors (Lipinski definition) is 1. The summed E-state index contributed by atoms with van der Waals surface area (Å²) in [5, 5.41) is 9.26. The van der Waals surface area contributed by atoms with E-state index in [1.165, 1.54) is 37.3 Å². The van der Waals surface area contributed by atoms with E-state index in [1.54, 1.807) is 13.8 Å². The molecule has 116 valence electrons. The molecule has 0 saturated heterocycles. The minimum atomic E-state index is -0.495. The van der Waals surface area contributed by atoms with Crippen molar-refractivity contribution in [1.29, 1.82) is 5.26 Å². The Morgan fingerprint density at radius 2 is 1.83 bits per heavy atom. The Balaban J connectivity index is 2.46. The third kappa shape index (κ3) is 3.27. The molecule has 23 heavy (non-hydrogen) atoms. The lowest BCUT2D eigenvalue weighted by Crippen LogP contribution is -2.05. The van der Waals surface area contributed by atoms with E-state index in [2.05, 4.69) is 4.98 Å². The Bertz CT molecular complexity index is 852. The molecule has 0 amide bonds. The van der Waals surface area contributed by atoms with Gasteiger partial charge in [0.05, 0.1) is 5.69 Å². The largest absolute Gasteiger partial charge is 0.355 e. The van der Waals surface area contributed by atoms with E-state index < -0.39 is 11.6 Å². The number of aryl methyl sites for hydroxylation is 1. The first-order valence-corrected chi connectivity index (χ1v) is 6.97. The van der Waals surface area contributed by atoms with E-state index in [0.717, 1.165) is 0 Å². The minimum absolute atomic E-state index is 0.0870.